The van der Waals surface area contributed by atoms with Gasteiger partial charge < -0.3 is 10.1 Å². The summed E-state index contributed by atoms with van der Waals surface area (Å²) in [6, 6.07) is 5.99. The van der Waals surface area contributed by atoms with Crippen molar-refractivity contribution in [1.82, 2.24) is 4.98 Å². The second-order valence-corrected chi connectivity index (χ2v) is 3.39. The SMILES string of the molecule is N#CCCN=Nc1c(O)[nH]c2ccc(F)cc12. The van der Waals surface area contributed by atoms with Crippen molar-refractivity contribution in [2.75, 3.05) is 6.54 Å². The fourth-order valence-electron chi connectivity index (χ4n) is 1.46. The van der Waals surface area contributed by atoms with E-state index in [0.717, 1.165) is 0 Å². The lowest BCUT2D eigenvalue weighted by molar-refractivity contribution is 0.459. The number of nitrogens with one attached hydrogen (secondary N) is 1. The lowest BCUT2D eigenvalue weighted by Crippen LogP contribution is -1.74. The highest BCUT2D eigenvalue weighted by Gasteiger charge is 2.10. The van der Waals surface area contributed by atoms with E-state index in [9.17, 15) is 9.50 Å². The number of hydrogen-bond donors (Lipinski definition) is 2. The predicted molar refractivity (Wildman–Crippen MR) is 59.5 cm³/mol. The van der Waals surface area contributed by atoms with Gasteiger partial charge in [0.15, 0.2) is 5.69 Å². The van der Waals surface area contributed by atoms with Crippen molar-refractivity contribution in [3.8, 4) is 11.9 Å². The maximum Gasteiger partial charge on any atom is 0.218 e. The molecule has 1 aromatic heterocycles. The zero-order chi connectivity index (χ0) is 12.3. The van der Waals surface area contributed by atoms with E-state index in [-0.39, 0.29) is 24.5 Å². The molecular weight excluding hydrogens is 223 g/mol. The molecule has 0 unspecified atom stereocenters. The molecule has 0 spiro atoms. The first-order valence-electron chi connectivity index (χ1n) is 4.97. The Balaban J connectivity index is 2.39. The molecule has 0 aliphatic heterocycles. The second-order valence-electron chi connectivity index (χ2n) is 3.39. The average Bonchev–Trinajstić information content (AvgIpc) is 2.61. The van der Waals surface area contributed by atoms with Crippen LogP contribution in [0.5, 0.6) is 5.88 Å². The van der Waals surface area contributed by atoms with Crippen molar-refractivity contribution in [3.05, 3.63) is 24.0 Å². The summed E-state index contributed by atoms with van der Waals surface area (Å²) in [5, 5.41) is 25.9. The van der Waals surface area contributed by atoms with Crippen molar-refractivity contribution in [2.24, 2.45) is 10.2 Å². The zero-order valence-electron chi connectivity index (χ0n) is 8.81. The summed E-state index contributed by atoms with van der Waals surface area (Å²) in [7, 11) is 0. The Morgan fingerprint density at radius 3 is 3.06 bits per heavy atom. The number of aromatic nitrogens is 1. The smallest absolute Gasteiger partial charge is 0.218 e. The van der Waals surface area contributed by atoms with Gasteiger partial charge in [-0.05, 0) is 18.2 Å². The molecule has 2 rings (SSSR count). The minimum absolute atomic E-state index is 0.161. The van der Waals surface area contributed by atoms with Gasteiger partial charge in [0, 0.05) is 5.39 Å². The molecule has 5 nitrogen and oxygen atoms in total. The van der Waals surface area contributed by atoms with Crippen LogP contribution in [0.3, 0.4) is 0 Å². The molecule has 0 amide bonds. The first-order valence-corrected chi connectivity index (χ1v) is 4.97. The third kappa shape index (κ3) is 2.23. The molecule has 0 atom stereocenters. The molecule has 0 aliphatic rings. The molecule has 2 aromatic rings. The molecule has 0 radical (unpaired) electrons. The summed E-state index contributed by atoms with van der Waals surface area (Å²) in [6.45, 7) is 0.248. The van der Waals surface area contributed by atoms with Crippen LogP contribution in [0.15, 0.2) is 28.4 Å². The van der Waals surface area contributed by atoms with Gasteiger partial charge in [0.2, 0.25) is 5.88 Å². The maximum atomic E-state index is 13.1. The maximum absolute atomic E-state index is 13.1. The Hall–Kier alpha value is -2.42. The summed E-state index contributed by atoms with van der Waals surface area (Å²) in [5.41, 5.74) is 0.774. The molecular formula is C11H9FN4O. The molecule has 0 aliphatic carbocycles. The Bertz CT molecular complexity index is 612. The number of benzene rings is 1. The van der Waals surface area contributed by atoms with E-state index in [2.05, 4.69) is 15.2 Å². The summed E-state index contributed by atoms with van der Waals surface area (Å²) >= 11 is 0. The standard InChI is InChI=1S/C11H9FN4O/c12-7-2-3-9-8(6-7)10(11(17)15-9)16-14-5-1-4-13/h2-3,6,15,17H,1,5H2. The minimum Gasteiger partial charge on any atom is -0.493 e. The van der Waals surface area contributed by atoms with Gasteiger partial charge in [-0.3, -0.25) is 0 Å². The van der Waals surface area contributed by atoms with Crippen LogP contribution in [0.2, 0.25) is 0 Å². The van der Waals surface area contributed by atoms with E-state index in [0.29, 0.717) is 10.9 Å². The van der Waals surface area contributed by atoms with Crippen molar-refractivity contribution < 1.29 is 9.50 Å². The van der Waals surface area contributed by atoms with Crippen LogP contribution in [0, 0.1) is 17.1 Å². The van der Waals surface area contributed by atoms with Crippen molar-refractivity contribution in [3.63, 3.8) is 0 Å². The molecule has 17 heavy (non-hydrogen) atoms. The number of azo groups is 1. The Morgan fingerprint density at radius 2 is 2.29 bits per heavy atom. The van der Waals surface area contributed by atoms with E-state index < -0.39 is 5.82 Å². The molecule has 0 fully saturated rings. The van der Waals surface area contributed by atoms with E-state index in [4.69, 9.17) is 5.26 Å². The van der Waals surface area contributed by atoms with Crippen molar-refractivity contribution in [2.45, 2.75) is 6.42 Å². The van der Waals surface area contributed by atoms with Gasteiger partial charge in [0.05, 0.1) is 24.6 Å². The summed E-state index contributed by atoms with van der Waals surface area (Å²) in [6.07, 6.45) is 0.251. The average molecular weight is 232 g/mol. The molecule has 1 heterocycles. The third-order valence-corrected chi connectivity index (χ3v) is 2.21. The fourth-order valence-corrected chi connectivity index (χ4v) is 1.46. The van der Waals surface area contributed by atoms with Gasteiger partial charge >= 0.3 is 0 Å². The van der Waals surface area contributed by atoms with Crippen LogP contribution in [0.25, 0.3) is 10.9 Å². The Morgan fingerprint density at radius 1 is 1.47 bits per heavy atom. The quantitative estimate of drug-likeness (QED) is 0.629. The molecule has 0 saturated heterocycles. The fraction of sp³-hybridized carbons (Fsp3) is 0.182. The van der Waals surface area contributed by atoms with Crippen LogP contribution < -0.4 is 0 Å². The van der Waals surface area contributed by atoms with Crippen LogP contribution in [-0.2, 0) is 0 Å². The molecule has 2 N–H and O–H groups in total. The number of nitrogens with zero attached hydrogens (tertiary/aromatic N) is 3. The highest BCUT2D eigenvalue weighted by Crippen LogP contribution is 2.35. The molecule has 86 valence electrons. The first-order chi connectivity index (χ1) is 8.22. The van der Waals surface area contributed by atoms with Crippen LogP contribution in [0.1, 0.15) is 6.42 Å². The van der Waals surface area contributed by atoms with E-state index in [1.165, 1.54) is 18.2 Å². The summed E-state index contributed by atoms with van der Waals surface area (Å²) in [5.74, 6) is -0.573. The van der Waals surface area contributed by atoms with Crippen LogP contribution in [-0.4, -0.2) is 16.6 Å². The van der Waals surface area contributed by atoms with E-state index >= 15 is 0 Å². The lowest BCUT2D eigenvalue weighted by Gasteiger charge is -1.91. The molecule has 6 heteroatoms. The van der Waals surface area contributed by atoms with Gasteiger partial charge in [0.1, 0.15) is 5.82 Å². The number of H-pyrrole nitrogens is 1. The second kappa shape index (κ2) is 4.61. The number of aromatic hydroxyl groups is 1. The van der Waals surface area contributed by atoms with E-state index in [1.807, 2.05) is 6.07 Å². The van der Waals surface area contributed by atoms with Crippen LogP contribution >= 0.6 is 0 Å². The number of halogens is 1. The normalized spacial score (nSPS) is 11.1. The molecule has 0 saturated carbocycles. The largest absolute Gasteiger partial charge is 0.493 e. The topological polar surface area (TPSA) is 84.5 Å². The Labute approximate surface area is 96.2 Å². The monoisotopic (exact) mass is 232 g/mol. The number of rotatable bonds is 3. The van der Waals surface area contributed by atoms with Crippen LogP contribution in [0.4, 0.5) is 10.1 Å². The van der Waals surface area contributed by atoms with Gasteiger partial charge in [0.25, 0.3) is 0 Å². The van der Waals surface area contributed by atoms with E-state index in [1.54, 1.807) is 0 Å². The van der Waals surface area contributed by atoms with Gasteiger partial charge in [-0.2, -0.15) is 10.4 Å². The highest BCUT2D eigenvalue weighted by atomic mass is 19.1. The Kier molecular flexibility index (Phi) is 3.01. The predicted octanol–water partition coefficient (Wildman–Crippen LogP) is 3.01. The van der Waals surface area contributed by atoms with Gasteiger partial charge in [-0.15, -0.1) is 5.11 Å². The zero-order valence-corrected chi connectivity index (χ0v) is 8.81. The summed E-state index contributed by atoms with van der Waals surface area (Å²) in [4.78, 5) is 2.67. The van der Waals surface area contributed by atoms with Crippen molar-refractivity contribution in [1.29, 1.82) is 5.26 Å². The molecule has 0 bridgehead atoms. The third-order valence-electron chi connectivity index (χ3n) is 2.21. The van der Waals surface area contributed by atoms with Gasteiger partial charge in [-0.25, -0.2) is 4.39 Å². The number of aromatic amines is 1. The lowest BCUT2D eigenvalue weighted by atomic mass is 10.2. The number of hydrogen-bond acceptors (Lipinski definition) is 4. The highest BCUT2D eigenvalue weighted by molar-refractivity contribution is 5.94. The van der Waals surface area contributed by atoms with Crippen molar-refractivity contribution >= 4 is 16.6 Å². The first kappa shape index (κ1) is 11.1. The number of nitriles is 1. The summed E-state index contributed by atoms with van der Waals surface area (Å²) < 4.78 is 13.1. The minimum atomic E-state index is -0.412. The molecule has 1 aromatic carbocycles. The van der Waals surface area contributed by atoms with Gasteiger partial charge in [-0.1, -0.05) is 0 Å². The number of fused-ring (bicyclic) bond motifs is 1.